The van der Waals surface area contributed by atoms with Crippen molar-refractivity contribution in [3.63, 3.8) is 0 Å². The van der Waals surface area contributed by atoms with Crippen LogP contribution in [0.2, 0.25) is 0 Å². The summed E-state index contributed by atoms with van der Waals surface area (Å²) in [6.07, 6.45) is 2.29. The molecule has 0 saturated carbocycles. The maximum absolute atomic E-state index is 13.6. The minimum Gasteiger partial charge on any atom is -0.436 e. The molecule has 1 unspecified atom stereocenters. The Labute approximate surface area is 123 Å². The van der Waals surface area contributed by atoms with Crippen LogP contribution < -0.4 is 10.5 Å². The van der Waals surface area contributed by atoms with E-state index in [-0.39, 0.29) is 17.7 Å². The van der Waals surface area contributed by atoms with Crippen LogP contribution in [0.5, 0.6) is 11.6 Å². The molecular formula is C14H13BrF2N2O. The molecule has 2 rings (SSSR count). The summed E-state index contributed by atoms with van der Waals surface area (Å²) in [5.41, 5.74) is 6.64. The number of rotatable bonds is 4. The van der Waals surface area contributed by atoms with E-state index in [2.05, 4.69) is 20.9 Å². The molecule has 2 N–H and O–H groups in total. The molecule has 2 aromatic rings. The second-order valence-electron chi connectivity index (χ2n) is 4.49. The predicted octanol–water partition coefficient (Wildman–Crippen LogP) is 3.80. The molecule has 0 aliphatic heterocycles. The Morgan fingerprint density at radius 2 is 2.10 bits per heavy atom. The molecule has 0 amide bonds. The minimum atomic E-state index is -1.05. The molecule has 20 heavy (non-hydrogen) atoms. The van der Waals surface area contributed by atoms with Crippen LogP contribution >= 0.6 is 15.9 Å². The van der Waals surface area contributed by atoms with Crippen molar-refractivity contribution in [2.75, 3.05) is 0 Å². The lowest BCUT2D eigenvalue weighted by molar-refractivity contribution is 0.404. The van der Waals surface area contributed by atoms with Gasteiger partial charge < -0.3 is 10.5 Å². The standard InChI is InChI=1S/C14H13BrF2N2O/c1-8(18)4-9-2-3-13(19-7-9)20-12-6-10(15)5-11(16)14(12)17/h2-3,5-8H,4,18H2,1H3. The van der Waals surface area contributed by atoms with Crippen molar-refractivity contribution < 1.29 is 13.5 Å². The molecule has 0 bridgehead atoms. The summed E-state index contributed by atoms with van der Waals surface area (Å²) in [4.78, 5) is 4.05. The molecule has 0 fully saturated rings. The summed E-state index contributed by atoms with van der Waals surface area (Å²) in [6.45, 7) is 1.89. The number of nitrogens with two attached hydrogens (primary N) is 1. The van der Waals surface area contributed by atoms with Gasteiger partial charge in [0.05, 0.1) is 0 Å². The number of hydrogen-bond donors (Lipinski definition) is 1. The van der Waals surface area contributed by atoms with Gasteiger partial charge in [0.2, 0.25) is 11.7 Å². The minimum absolute atomic E-state index is 0.0280. The van der Waals surface area contributed by atoms with Crippen molar-refractivity contribution in [1.82, 2.24) is 4.98 Å². The molecular weight excluding hydrogens is 330 g/mol. The first-order valence-electron chi connectivity index (χ1n) is 5.98. The van der Waals surface area contributed by atoms with Crippen LogP contribution in [0.1, 0.15) is 12.5 Å². The van der Waals surface area contributed by atoms with E-state index in [0.717, 1.165) is 11.6 Å². The first-order chi connectivity index (χ1) is 9.45. The zero-order valence-electron chi connectivity index (χ0n) is 10.7. The predicted molar refractivity (Wildman–Crippen MR) is 75.7 cm³/mol. The van der Waals surface area contributed by atoms with Crippen LogP contribution in [-0.2, 0) is 6.42 Å². The number of aromatic nitrogens is 1. The highest BCUT2D eigenvalue weighted by atomic mass is 79.9. The average Bonchev–Trinajstić information content (AvgIpc) is 2.37. The molecule has 1 aromatic heterocycles. The van der Waals surface area contributed by atoms with E-state index in [4.69, 9.17) is 10.5 Å². The smallest absolute Gasteiger partial charge is 0.219 e. The van der Waals surface area contributed by atoms with Crippen LogP contribution in [0.4, 0.5) is 8.78 Å². The fourth-order valence-corrected chi connectivity index (χ4v) is 2.09. The fourth-order valence-electron chi connectivity index (χ4n) is 1.68. The third kappa shape index (κ3) is 3.74. The highest BCUT2D eigenvalue weighted by molar-refractivity contribution is 9.10. The van der Waals surface area contributed by atoms with Gasteiger partial charge in [-0.1, -0.05) is 22.0 Å². The van der Waals surface area contributed by atoms with Crippen molar-refractivity contribution in [2.45, 2.75) is 19.4 Å². The summed E-state index contributed by atoms with van der Waals surface area (Å²) in [7, 11) is 0. The van der Waals surface area contributed by atoms with E-state index >= 15 is 0 Å². The molecule has 0 aliphatic rings. The maximum atomic E-state index is 13.6. The third-order valence-electron chi connectivity index (χ3n) is 2.53. The molecule has 0 radical (unpaired) electrons. The topological polar surface area (TPSA) is 48.1 Å². The number of pyridine rings is 1. The first-order valence-corrected chi connectivity index (χ1v) is 6.78. The lowest BCUT2D eigenvalue weighted by atomic mass is 10.1. The van der Waals surface area contributed by atoms with Crippen molar-refractivity contribution in [1.29, 1.82) is 0 Å². The lowest BCUT2D eigenvalue weighted by Gasteiger charge is -2.08. The molecule has 1 heterocycles. The molecule has 0 spiro atoms. The molecule has 6 heteroatoms. The monoisotopic (exact) mass is 342 g/mol. The number of halogens is 3. The van der Waals surface area contributed by atoms with E-state index in [1.54, 1.807) is 18.3 Å². The van der Waals surface area contributed by atoms with E-state index in [1.807, 2.05) is 6.92 Å². The quantitative estimate of drug-likeness (QED) is 0.859. The fraction of sp³-hybridized carbons (Fsp3) is 0.214. The van der Waals surface area contributed by atoms with Crippen LogP contribution in [0.15, 0.2) is 34.9 Å². The van der Waals surface area contributed by atoms with Crippen molar-refractivity contribution in [3.8, 4) is 11.6 Å². The molecule has 1 atom stereocenters. The van der Waals surface area contributed by atoms with E-state index in [0.29, 0.717) is 10.9 Å². The Bertz CT molecular complexity index is 603. The van der Waals surface area contributed by atoms with Gasteiger partial charge in [-0.05, 0) is 31.0 Å². The molecule has 3 nitrogen and oxygen atoms in total. The average molecular weight is 343 g/mol. The number of hydrogen-bond acceptors (Lipinski definition) is 3. The van der Waals surface area contributed by atoms with Crippen LogP contribution in [0.3, 0.4) is 0 Å². The zero-order chi connectivity index (χ0) is 14.7. The number of benzene rings is 1. The van der Waals surface area contributed by atoms with Gasteiger partial charge in [-0.2, -0.15) is 4.39 Å². The van der Waals surface area contributed by atoms with Crippen molar-refractivity contribution in [3.05, 3.63) is 52.1 Å². The molecule has 0 aliphatic carbocycles. The Morgan fingerprint density at radius 1 is 1.35 bits per heavy atom. The normalized spacial score (nSPS) is 12.2. The lowest BCUT2D eigenvalue weighted by Crippen LogP contribution is -2.17. The zero-order valence-corrected chi connectivity index (χ0v) is 12.3. The van der Waals surface area contributed by atoms with Gasteiger partial charge in [0.1, 0.15) is 0 Å². The Kier molecular flexibility index (Phi) is 4.67. The van der Waals surface area contributed by atoms with Gasteiger partial charge in [0.25, 0.3) is 0 Å². The summed E-state index contributed by atoms with van der Waals surface area (Å²) < 4.78 is 32.4. The highest BCUT2D eigenvalue weighted by Gasteiger charge is 2.12. The number of nitrogens with zero attached hydrogens (tertiary/aromatic N) is 1. The van der Waals surface area contributed by atoms with Crippen LogP contribution in [0.25, 0.3) is 0 Å². The van der Waals surface area contributed by atoms with Crippen molar-refractivity contribution in [2.24, 2.45) is 5.73 Å². The van der Waals surface area contributed by atoms with Gasteiger partial charge in [-0.25, -0.2) is 9.37 Å². The third-order valence-corrected chi connectivity index (χ3v) is 2.99. The van der Waals surface area contributed by atoms with E-state index in [9.17, 15) is 8.78 Å². The summed E-state index contributed by atoms with van der Waals surface area (Å²) in [5, 5.41) is 0. The Balaban J connectivity index is 2.18. The highest BCUT2D eigenvalue weighted by Crippen LogP contribution is 2.28. The SMILES string of the molecule is CC(N)Cc1ccc(Oc2cc(Br)cc(F)c2F)nc1. The van der Waals surface area contributed by atoms with Crippen LogP contribution in [-0.4, -0.2) is 11.0 Å². The summed E-state index contributed by atoms with van der Waals surface area (Å²) in [6, 6.07) is 5.78. The first kappa shape index (κ1) is 14.9. The molecule has 1 aromatic carbocycles. The van der Waals surface area contributed by atoms with Gasteiger partial charge in [-0.15, -0.1) is 0 Å². The van der Waals surface area contributed by atoms with E-state index in [1.165, 1.54) is 6.07 Å². The van der Waals surface area contributed by atoms with Gasteiger partial charge in [0, 0.05) is 22.8 Å². The Morgan fingerprint density at radius 3 is 2.70 bits per heavy atom. The summed E-state index contributed by atoms with van der Waals surface area (Å²) in [5.74, 6) is -2.06. The van der Waals surface area contributed by atoms with Gasteiger partial charge in [-0.3, -0.25) is 0 Å². The number of ether oxygens (including phenoxy) is 1. The Hall–Kier alpha value is -1.53. The van der Waals surface area contributed by atoms with Crippen molar-refractivity contribution >= 4 is 15.9 Å². The van der Waals surface area contributed by atoms with Gasteiger partial charge in [0.15, 0.2) is 11.6 Å². The van der Waals surface area contributed by atoms with Crippen LogP contribution in [0, 0.1) is 11.6 Å². The molecule has 0 saturated heterocycles. The second kappa shape index (κ2) is 6.28. The molecule has 106 valence electrons. The maximum Gasteiger partial charge on any atom is 0.219 e. The van der Waals surface area contributed by atoms with Gasteiger partial charge >= 0.3 is 0 Å². The largest absolute Gasteiger partial charge is 0.436 e. The summed E-state index contributed by atoms with van der Waals surface area (Å²) >= 11 is 3.08. The second-order valence-corrected chi connectivity index (χ2v) is 5.40. The van der Waals surface area contributed by atoms with E-state index < -0.39 is 11.6 Å².